The van der Waals surface area contributed by atoms with E-state index in [1.807, 2.05) is 48.7 Å². The lowest BCUT2D eigenvalue weighted by molar-refractivity contribution is 0.0493. The van der Waals surface area contributed by atoms with Crippen LogP contribution >= 0.6 is 33.9 Å². The predicted octanol–water partition coefficient (Wildman–Crippen LogP) is 4.66. The number of nitrogens with one attached hydrogen (secondary N) is 2. The van der Waals surface area contributed by atoms with Crippen molar-refractivity contribution in [1.82, 2.24) is 10.4 Å². The van der Waals surface area contributed by atoms with Crippen LogP contribution in [0.1, 0.15) is 38.7 Å². The molecule has 0 bridgehead atoms. The first-order chi connectivity index (χ1) is 14.1. The van der Waals surface area contributed by atoms with Crippen LogP contribution in [0.2, 0.25) is 0 Å². The van der Waals surface area contributed by atoms with Gasteiger partial charge >= 0.3 is 0 Å². The molecular formula is C21H18IN3O3S. The molecule has 2 amide bonds. The fourth-order valence-electron chi connectivity index (χ4n) is 3.14. The molecule has 1 aliphatic rings. The van der Waals surface area contributed by atoms with Gasteiger partial charge < -0.3 is 10.1 Å². The van der Waals surface area contributed by atoms with Crippen molar-refractivity contribution in [2.24, 2.45) is 0 Å². The van der Waals surface area contributed by atoms with E-state index < -0.39 is 12.1 Å². The van der Waals surface area contributed by atoms with Crippen LogP contribution in [-0.2, 0) is 0 Å². The minimum Gasteiger partial charge on any atom is -0.493 e. The van der Waals surface area contributed by atoms with Crippen LogP contribution in [0.25, 0.3) is 0 Å². The Hall–Kier alpha value is -2.59. The van der Waals surface area contributed by atoms with E-state index in [2.05, 4.69) is 33.3 Å². The molecule has 148 valence electrons. The molecule has 0 spiro atoms. The Morgan fingerprint density at radius 2 is 2.07 bits per heavy atom. The van der Waals surface area contributed by atoms with Gasteiger partial charge in [-0.15, -0.1) is 11.3 Å². The summed E-state index contributed by atoms with van der Waals surface area (Å²) in [6.45, 7) is 2.30. The van der Waals surface area contributed by atoms with Crippen molar-refractivity contribution in [1.29, 1.82) is 0 Å². The zero-order valence-corrected chi connectivity index (χ0v) is 18.5. The van der Waals surface area contributed by atoms with Crippen molar-refractivity contribution in [3.8, 4) is 5.75 Å². The van der Waals surface area contributed by atoms with Crippen LogP contribution in [0, 0.1) is 3.57 Å². The van der Waals surface area contributed by atoms with E-state index in [0.717, 1.165) is 14.1 Å². The second-order valence-electron chi connectivity index (χ2n) is 6.30. The number of carbonyl (C=O) groups is 2. The molecule has 0 aliphatic carbocycles. The summed E-state index contributed by atoms with van der Waals surface area (Å²) in [5.41, 5.74) is 4.43. The van der Waals surface area contributed by atoms with Crippen LogP contribution in [-0.4, -0.2) is 23.4 Å². The molecular weight excluding hydrogens is 501 g/mol. The summed E-state index contributed by atoms with van der Waals surface area (Å²) in [7, 11) is 0. The van der Waals surface area contributed by atoms with Gasteiger partial charge in [0.2, 0.25) is 0 Å². The number of nitrogens with zero attached hydrogens (tertiary/aromatic N) is 1. The first-order valence-corrected chi connectivity index (χ1v) is 11.0. The SMILES string of the molecule is CCOc1ccccc1C(=O)NN1C(=O)c2cc(I)ccc2N[C@@H]1c1cccs1. The highest BCUT2D eigenvalue weighted by atomic mass is 127. The smallest absolute Gasteiger partial charge is 0.276 e. The van der Waals surface area contributed by atoms with E-state index >= 15 is 0 Å². The maximum Gasteiger partial charge on any atom is 0.276 e. The summed E-state index contributed by atoms with van der Waals surface area (Å²) in [6, 6.07) is 16.5. The molecule has 29 heavy (non-hydrogen) atoms. The Labute approximate surface area is 186 Å². The maximum atomic E-state index is 13.3. The lowest BCUT2D eigenvalue weighted by Gasteiger charge is -2.37. The number of thiophene rings is 1. The van der Waals surface area contributed by atoms with Crippen LogP contribution < -0.4 is 15.5 Å². The lowest BCUT2D eigenvalue weighted by atomic mass is 10.1. The molecule has 0 saturated carbocycles. The van der Waals surface area contributed by atoms with E-state index in [4.69, 9.17) is 4.74 Å². The van der Waals surface area contributed by atoms with Gasteiger partial charge in [-0.2, -0.15) is 0 Å². The quantitative estimate of drug-likeness (QED) is 0.482. The second-order valence-corrected chi connectivity index (χ2v) is 8.52. The van der Waals surface area contributed by atoms with Gasteiger partial charge in [0.1, 0.15) is 5.75 Å². The largest absolute Gasteiger partial charge is 0.493 e. The first kappa shape index (κ1) is 19.7. The summed E-state index contributed by atoms with van der Waals surface area (Å²) in [6.07, 6.45) is -0.502. The van der Waals surface area contributed by atoms with Crippen molar-refractivity contribution in [2.75, 3.05) is 11.9 Å². The van der Waals surface area contributed by atoms with Gasteiger partial charge in [-0.05, 0) is 71.3 Å². The van der Waals surface area contributed by atoms with Crippen LogP contribution in [0.5, 0.6) is 5.75 Å². The molecule has 1 aromatic heterocycles. The minimum absolute atomic E-state index is 0.266. The number of fused-ring (bicyclic) bond motifs is 1. The van der Waals surface area contributed by atoms with Gasteiger partial charge in [0, 0.05) is 14.1 Å². The average Bonchev–Trinajstić information content (AvgIpc) is 3.25. The zero-order valence-electron chi connectivity index (χ0n) is 15.5. The minimum atomic E-state index is -0.502. The van der Waals surface area contributed by atoms with E-state index in [9.17, 15) is 9.59 Å². The molecule has 3 aromatic rings. The summed E-state index contributed by atoms with van der Waals surface area (Å²) < 4.78 is 6.51. The molecule has 0 unspecified atom stereocenters. The number of anilines is 1. The Morgan fingerprint density at radius 3 is 2.83 bits per heavy atom. The highest BCUT2D eigenvalue weighted by Crippen LogP contribution is 2.34. The van der Waals surface area contributed by atoms with E-state index in [1.165, 1.54) is 16.3 Å². The van der Waals surface area contributed by atoms with Crippen molar-refractivity contribution < 1.29 is 14.3 Å². The van der Waals surface area contributed by atoms with Crippen molar-refractivity contribution in [2.45, 2.75) is 13.1 Å². The molecule has 2 heterocycles. The standard InChI is InChI=1S/C21H18IN3O3S/c1-2-28-17-7-4-3-6-14(17)20(26)24-25-19(18-8-5-11-29-18)23-16-10-9-13(22)12-15(16)21(25)27/h3-12,19,23H,2H2,1H3,(H,24,26)/t19-/m0/s1. The number of halogens is 1. The van der Waals surface area contributed by atoms with Crippen molar-refractivity contribution >= 4 is 51.4 Å². The lowest BCUT2D eigenvalue weighted by Crippen LogP contribution is -2.52. The predicted molar refractivity (Wildman–Crippen MR) is 121 cm³/mol. The van der Waals surface area contributed by atoms with E-state index in [0.29, 0.717) is 23.5 Å². The molecule has 8 heteroatoms. The molecule has 6 nitrogen and oxygen atoms in total. The van der Waals surface area contributed by atoms with Crippen LogP contribution in [0.4, 0.5) is 5.69 Å². The maximum absolute atomic E-state index is 13.3. The van der Waals surface area contributed by atoms with E-state index in [-0.39, 0.29) is 5.91 Å². The number of amides is 2. The third-order valence-corrected chi connectivity index (χ3v) is 6.04. The molecule has 2 aromatic carbocycles. The van der Waals surface area contributed by atoms with Crippen LogP contribution in [0.15, 0.2) is 60.0 Å². The fourth-order valence-corrected chi connectivity index (χ4v) is 4.40. The Balaban J connectivity index is 1.70. The summed E-state index contributed by atoms with van der Waals surface area (Å²) in [4.78, 5) is 27.2. The molecule has 0 radical (unpaired) electrons. The van der Waals surface area contributed by atoms with Gasteiger partial charge in [0.25, 0.3) is 11.8 Å². The number of hydrogen-bond acceptors (Lipinski definition) is 5. The first-order valence-electron chi connectivity index (χ1n) is 9.04. The number of para-hydroxylation sites is 1. The highest BCUT2D eigenvalue weighted by Gasteiger charge is 2.35. The summed E-state index contributed by atoms with van der Waals surface area (Å²) >= 11 is 3.68. The van der Waals surface area contributed by atoms with Gasteiger partial charge in [-0.1, -0.05) is 18.2 Å². The number of ether oxygens (including phenoxy) is 1. The Bertz CT molecular complexity index is 1060. The molecule has 0 saturated heterocycles. The third kappa shape index (κ3) is 3.95. The number of hydrazine groups is 1. The number of rotatable bonds is 5. The van der Waals surface area contributed by atoms with Crippen molar-refractivity contribution in [3.05, 3.63) is 79.6 Å². The fraction of sp³-hybridized carbons (Fsp3) is 0.143. The normalized spacial score (nSPS) is 15.4. The molecule has 4 rings (SSSR count). The average molecular weight is 519 g/mol. The Kier molecular flexibility index (Phi) is 5.72. The molecule has 1 atom stereocenters. The summed E-state index contributed by atoms with van der Waals surface area (Å²) in [5, 5.41) is 6.67. The van der Waals surface area contributed by atoms with Gasteiger partial charge in [-0.3, -0.25) is 15.0 Å². The molecule has 0 fully saturated rings. The molecule has 2 N–H and O–H groups in total. The monoisotopic (exact) mass is 519 g/mol. The third-order valence-electron chi connectivity index (χ3n) is 4.45. The Morgan fingerprint density at radius 1 is 1.24 bits per heavy atom. The van der Waals surface area contributed by atoms with Gasteiger partial charge in [0.05, 0.1) is 17.7 Å². The number of carbonyl (C=O) groups excluding carboxylic acids is 2. The topological polar surface area (TPSA) is 70.7 Å². The van der Waals surface area contributed by atoms with Crippen molar-refractivity contribution in [3.63, 3.8) is 0 Å². The number of benzene rings is 2. The highest BCUT2D eigenvalue weighted by molar-refractivity contribution is 14.1. The number of hydrogen-bond donors (Lipinski definition) is 2. The van der Waals surface area contributed by atoms with Gasteiger partial charge in [0.15, 0.2) is 6.17 Å². The van der Waals surface area contributed by atoms with Crippen LogP contribution in [0.3, 0.4) is 0 Å². The van der Waals surface area contributed by atoms with Gasteiger partial charge in [-0.25, -0.2) is 5.01 Å². The molecule has 1 aliphatic heterocycles. The summed E-state index contributed by atoms with van der Waals surface area (Å²) in [5.74, 6) is -0.190. The van der Waals surface area contributed by atoms with E-state index in [1.54, 1.807) is 18.2 Å². The second kappa shape index (κ2) is 8.42. The zero-order chi connectivity index (χ0) is 20.4.